The molecule has 1 aromatic heterocycles. The molecule has 3 aromatic carbocycles. The average Bonchev–Trinajstić information content (AvgIpc) is 3.21. The van der Waals surface area contributed by atoms with E-state index in [-0.39, 0.29) is 11.6 Å². The van der Waals surface area contributed by atoms with Crippen molar-refractivity contribution in [2.24, 2.45) is 4.99 Å². The number of hydrogen-bond donors (Lipinski definition) is 0. The summed E-state index contributed by atoms with van der Waals surface area (Å²) in [5.41, 5.74) is 6.01. The standard InChI is InChI=1S/C30H21BrCl2N2OS/c31-21-14-12-18(13-15-21)16-26-29(36)35-28(22-8-2-4-11-25(22)33)23-9-5-7-20(27(23)34-30(35)37-26)17-19-6-1-3-10-24(19)32/h1-4,6,8,10-17,28H,5,7,9H2. The van der Waals surface area contributed by atoms with Crippen molar-refractivity contribution in [3.8, 4) is 0 Å². The van der Waals surface area contributed by atoms with Crippen molar-refractivity contribution in [2.75, 3.05) is 0 Å². The Morgan fingerprint density at radius 3 is 2.41 bits per heavy atom. The summed E-state index contributed by atoms with van der Waals surface area (Å²) < 4.78 is 3.47. The molecule has 6 rings (SSSR count). The van der Waals surface area contributed by atoms with E-state index >= 15 is 0 Å². The molecule has 2 heterocycles. The molecule has 1 aliphatic heterocycles. The fourth-order valence-electron chi connectivity index (χ4n) is 5.02. The van der Waals surface area contributed by atoms with Gasteiger partial charge in [-0.25, -0.2) is 4.99 Å². The van der Waals surface area contributed by atoms with Crippen LogP contribution in [-0.4, -0.2) is 4.57 Å². The van der Waals surface area contributed by atoms with Crippen LogP contribution in [0, 0.1) is 0 Å². The Bertz CT molecular complexity index is 1770. The van der Waals surface area contributed by atoms with Gasteiger partial charge in [0, 0.05) is 14.5 Å². The molecule has 1 unspecified atom stereocenters. The van der Waals surface area contributed by atoms with Gasteiger partial charge >= 0.3 is 0 Å². The molecule has 0 bridgehead atoms. The number of fused-ring (bicyclic) bond motifs is 1. The van der Waals surface area contributed by atoms with E-state index in [4.69, 9.17) is 28.2 Å². The van der Waals surface area contributed by atoms with Crippen molar-refractivity contribution < 1.29 is 0 Å². The van der Waals surface area contributed by atoms with Crippen LogP contribution in [0.25, 0.3) is 12.2 Å². The van der Waals surface area contributed by atoms with Crippen LogP contribution in [0.4, 0.5) is 0 Å². The SMILES string of the molecule is O=c1c(=Cc2ccc(Br)cc2)sc2n1C(c1ccccc1Cl)C1=C(N=2)C(=Cc2ccccc2Cl)CCC1. The largest absolute Gasteiger partial charge is 0.272 e. The van der Waals surface area contributed by atoms with E-state index < -0.39 is 0 Å². The van der Waals surface area contributed by atoms with Gasteiger partial charge in [-0.05, 0) is 83.5 Å². The molecule has 3 nitrogen and oxygen atoms in total. The molecule has 0 spiro atoms. The van der Waals surface area contributed by atoms with E-state index in [0.717, 1.165) is 57.3 Å². The van der Waals surface area contributed by atoms with E-state index in [0.29, 0.717) is 19.4 Å². The topological polar surface area (TPSA) is 34.4 Å². The van der Waals surface area contributed by atoms with Gasteiger partial charge in [0.25, 0.3) is 5.56 Å². The summed E-state index contributed by atoms with van der Waals surface area (Å²) in [6.45, 7) is 0. The van der Waals surface area contributed by atoms with Gasteiger partial charge in [0.2, 0.25) is 0 Å². The average molecular weight is 608 g/mol. The minimum Gasteiger partial charge on any atom is -0.272 e. The summed E-state index contributed by atoms with van der Waals surface area (Å²) in [5, 5.41) is 1.35. The summed E-state index contributed by atoms with van der Waals surface area (Å²) in [7, 11) is 0. The smallest absolute Gasteiger partial charge is 0.271 e. The normalized spacial score (nSPS) is 18.5. The van der Waals surface area contributed by atoms with Crippen LogP contribution in [-0.2, 0) is 0 Å². The van der Waals surface area contributed by atoms with Gasteiger partial charge < -0.3 is 0 Å². The first-order valence-corrected chi connectivity index (χ1v) is 14.4. The predicted molar refractivity (Wildman–Crippen MR) is 157 cm³/mol. The summed E-state index contributed by atoms with van der Waals surface area (Å²) in [4.78, 5) is 19.6. The molecule has 184 valence electrons. The van der Waals surface area contributed by atoms with Crippen molar-refractivity contribution in [3.05, 3.63) is 141 Å². The second-order valence-electron chi connectivity index (χ2n) is 9.07. The lowest BCUT2D eigenvalue weighted by Gasteiger charge is -2.31. The lowest BCUT2D eigenvalue weighted by atomic mass is 9.84. The van der Waals surface area contributed by atoms with Crippen LogP contribution < -0.4 is 14.9 Å². The number of rotatable bonds is 3. The highest BCUT2D eigenvalue weighted by Crippen LogP contribution is 2.42. The van der Waals surface area contributed by atoms with Gasteiger partial charge in [0.15, 0.2) is 4.80 Å². The third kappa shape index (κ3) is 4.70. The Kier molecular flexibility index (Phi) is 6.80. The number of aromatic nitrogens is 1. The Hall–Kier alpha value is -2.70. The molecule has 1 atom stereocenters. The quantitative estimate of drug-likeness (QED) is 0.237. The van der Waals surface area contributed by atoms with Crippen molar-refractivity contribution in [1.82, 2.24) is 4.57 Å². The highest BCUT2D eigenvalue weighted by molar-refractivity contribution is 9.10. The second kappa shape index (κ2) is 10.2. The Morgan fingerprint density at radius 2 is 1.65 bits per heavy atom. The first kappa shape index (κ1) is 24.6. The lowest BCUT2D eigenvalue weighted by Crippen LogP contribution is -2.39. The molecule has 1 aliphatic carbocycles. The van der Waals surface area contributed by atoms with E-state index in [1.807, 2.05) is 83.4 Å². The number of allylic oxidation sites excluding steroid dienone is 2. The zero-order valence-corrected chi connectivity index (χ0v) is 23.5. The van der Waals surface area contributed by atoms with Crippen LogP contribution in [0.1, 0.15) is 42.0 Å². The molecule has 0 N–H and O–H groups in total. The maximum atomic E-state index is 13.8. The molecule has 2 aliphatic rings. The fourth-order valence-corrected chi connectivity index (χ4v) is 6.72. The molecule has 0 fully saturated rings. The Labute approximate surface area is 236 Å². The molecular formula is C30H21BrCl2N2OS. The Morgan fingerprint density at radius 1 is 0.919 bits per heavy atom. The van der Waals surface area contributed by atoms with E-state index in [9.17, 15) is 4.79 Å². The van der Waals surface area contributed by atoms with Crippen LogP contribution in [0.3, 0.4) is 0 Å². The molecule has 7 heteroatoms. The zero-order valence-electron chi connectivity index (χ0n) is 19.6. The first-order chi connectivity index (χ1) is 18.0. The van der Waals surface area contributed by atoms with Crippen molar-refractivity contribution in [3.63, 3.8) is 0 Å². The van der Waals surface area contributed by atoms with Gasteiger partial charge in [-0.2, -0.15) is 0 Å². The van der Waals surface area contributed by atoms with E-state index in [1.165, 1.54) is 11.3 Å². The molecule has 4 aromatic rings. The van der Waals surface area contributed by atoms with Gasteiger partial charge in [-0.3, -0.25) is 9.36 Å². The van der Waals surface area contributed by atoms with Crippen LogP contribution in [0.5, 0.6) is 0 Å². The van der Waals surface area contributed by atoms with Crippen molar-refractivity contribution >= 4 is 62.6 Å². The highest BCUT2D eigenvalue weighted by Gasteiger charge is 2.33. The summed E-state index contributed by atoms with van der Waals surface area (Å²) in [5.74, 6) is 0. The highest BCUT2D eigenvalue weighted by atomic mass is 79.9. The maximum Gasteiger partial charge on any atom is 0.271 e. The molecule has 0 saturated carbocycles. The van der Waals surface area contributed by atoms with Gasteiger partial charge in [0.05, 0.1) is 16.3 Å². The predicted octanol–water partition coefficient (Wildman–Crippen LogP) is 7.55. The molecule has 0 amide bonds. The summed E-state index contributed by atoms with van der Waals surface area (Å²) >= 11 is 18.1. The number of hydrogen-bond acceptors (Lipinski definition) is 3. The number of halogens is 3. The third-order valence-electron chi connectivity index (χ3n) is 6.74. The first-order valence-electron chi connectivity index (χ1n) is 12.0. The van der Waals surface area contributed by atoms with Crippen LogP contribution >= 0.6 is 50.5 Å². The second-order valence-corrected chi connectivity index (χ2v) is 11.8. The van der Waals surface area contributed by atoms with Crippen molar-refractivity contribution in [2.45, 2.75) is 25.3 Å². The minimum absolute atomic E-state index is 0.0506. The molecule has 0 saturated heterocycles. The molecule has 37 heavy (non-hydrogen) atoms. The Balaban J connectivity index is 1.60. The van der Waals surface area contributed by atoms with Gasteiger partial charge in [-0.15, -0.1) is 0 Å². The van der Waals surface area contributed by atoms with Crippen molar-refractivity contribution in [1.29, 1.82) is 0 Å². The third-order valence-corrected chi connectivity index (χ3v) is 8.94. The minimum atomic E-state index is -0.304. The fraction of sp³-hybridized carbons (Fsp3) is 0.133. The van der Waals surface area contributed by atoms with E-state index in [2.05, 4.69) is 22.0 Å². The van der Waals surface area contributed by atoms with Gasteiger partial charge in [0.1, 0.15) is 0 Å². The lowest BCUT2D eigenvalue weighted by molar-refractivity contribution is 0.553. The number of thiazole rings is 1. The van der Waals surface area contributed by atoms with E-state index in [1.54, 1.807) is 0 Å². The van der Waals surface area contributed by atoms with Crippen LogP contribution in [0.15, 0.2) is 104 Å². The number of benzene rings is 3. The molecule has 0 radical (unpaired) electrons. The summed E-state index contributed by atoms with van der Waals surface area (Å²) in [6, 6.07) is 23.3. The molecular weight excluding hydrogens is 587 g/mol. The van der Waals surface area contributed by atoms with Crippen LogP contribution in [0.2, 0.25) is 10.0 Å². The van der Waals surface area contributed by atoms with Gasteiger partial charge in [-0.1, -0.05) is 99.0 Å². The monoisotopic (exact) mass is 606 g/mol. The number of nitrogens with zero attached hydrogens (tertiary/aromatic N) is 2. The summed E-state index contributed by atoms with van der Waals surface area (Å²) in [6.07, 6.45) is 6.79. The maximum absolute atomic E-state index is 13.8. The zero-order chi connectivity index (χ0) is 25.5.